The number of aliphatic carboxylic acids is 1. The van der Waals surface area contributed by atoms with Crippen LogP contribution in [0.15, 0.2) is 24.3 Å². The maximum absolute atomic E-state index is 12.9. The van der Waals surface area contributed by atoms with Crippen LogP contribution in [0, 0.1) is 5.82 Å². The van der Waals surface area contributed by atoms with Crippen LogP contribution in [0.2, 0.25) is 0 Å². The van der Waals surface area contributed by atoms with E-state index in [0.717, 1.165) is 0 Å². The van der Waals surface area contributed by atoms with Crippen LogP contribution >= 0.6 is 11.8 Å². The Kier molecular flexibility index (Phi) is 5.37. The Labute approximate surface area is 130 Å². The lowest BCUT2D eigenvalue weighted by atomic mass is 10.0. The number of halogens is 1. The van der Waals surface area contributed by atoms with Gasteiger partial charge in [-0.1, -0.05) is 12.1 Å². The lowest BCUT2D eigenvalue weighted by Gasteiger charge is -2.20. The molecule has 0 saturated carbocycles. The van der Waals surface area contributed by atoms with Gasteiger partial charge in [-0.05, 0) is 17.7 Å². The van der Waals surface area contributed by atoms with Crippen LogP contribution in [-0.4, -0.2) is 46.0 Å². The van der Waals surface area contributed by atoms with Crippen molar-refractivity contribution in [3.63, 3.8) is 0 Å². The van der Waals surface area contributed by atoms with Gasteiger partial charge < -0.3 is 15.3 Å². The summed E-state index contributed by atoms with van der Waals surface area (Å²) in [6, 6.07) is 4.50. The molecule has 22 heavy (non-hydrogen) atoms. The molecule has 2 N–H and O–H groups in total. The predicted octanol–water partition coefficient (Wildman–Crippen LogP) is 0.991. The van der Waals surface area contributed by atoms with Gasteiger partial charge >= 0.3 is 5.97 Å². The molecule has 6 nitrogen and oxygen atoms in total. The minimum absolute atomic E-state index is 0.108. The topological polar surface area (TPSA) is 86.7 Å². The zero-order valence-corrected chi connectivity index (χ0v) is 12.4. The average molecular weight is 326 g/mol. The van der Waals surface area contributed by atoms with Crippen molar-refractivity contribution < 1.29 is 23.9 Å². The number of carboxylic acid groups (broad SMARTS) is 1. The summed E-state index contributed by atoms with van der Waals surface area (Å²) in [7, 11) is 0. The van der Waals surface area contributed by atoms with Crippen LogP contribution in [0.4, 0.5) is 4.39 Å². The molecule has 0 radical (unpaired) electrons. The normalized spacial score (nSPS) is 15.7. The van der Waals surface area contributed by atoms with Crippen LogP contribution in [0.1, 0.15) is 18.0 Å². The highest BCUT2D eigenvalue weighted by Crippen LogP contribution is 2.18. The summed E-state index contributed by atoms with van der Waals surface area (Å²) in [5.74, 6) is -1.27. The van der Waals surface area contributed by atoms with E-state index in [2.05, 4.69) is 5.32 Å². The lowest BCUT2D eigenvalue weighted by Crippen LogP contribution is -2.40. The maximum Gasteiger partial charge on any atom is 0.305 e. The molecule has 2 amide bonds. The number of carboxylic acids is 1. The van der Waals surface area contributed by atoms with Crippen molar-refractivity contribution in [2.75, 3.05) is 18.2 Å². The van der Waals surface area contributed by atoms with Crippen LogP contribution in [0.3, 0.4) is 0 Å². The van der Waals surface area contributed by atoms with Gasteiger partial charge in [-0.15, -0.1) is 11.8 Å². The summed E-state index contributed by atoms with van der Waals surface area (Å²) in [5, 5.41) is 11.5. The molecular weight excluding hydrogens is 311 g/mol. The summed E-state index contributed by atoms with van der Waals surface area (Å²) in [4.78, 5) is 35.8. The summed E-state index contributed by atoms with van der Waals surface area (Å²) >= 11 is 1.42. The molecule has 0 aliphatic carbocycles. The van der Waals surface area contributed by atoms with Crippen molar-refractivity contribution in [1.82, 2.24) is 10.2 Å². The van der Waals surface area contributed by atoms with Crippen LogP contribution in [0.25, 0.3) is 0 Å². The van der Waals surface area contributed by atoms with Crippen LogP contribution in [-0.2, 0) is 14.4 Å². The van der Waals surface area contributed by atoms with Gasteiger partial charge in [0, 0.05) is 0 Å². The molecule has 1 aromatic rings. The molecule has 0 bridgehead atoms. The number of rotatable bonds is 6. The molecule has 0 aromatic heterocycles. The van der Waals surface area contributed by atoms with Gasteiger partial charge in [-0.2, -0.15) is 0 Å². The Morgan fingerprint density at radius 1 is 1.36 bits per heavy atom. The van der Waals surface area contributed by atoms with Gasteiger partial charge in [0.05, 0.1) is 24.1 Å². The van der Waals surface area contributed by atoms with Gasteiger partial charge in [0.25, 0.3) is 0 Å². The Morgan fingerprint density at radius 3 is 2.59 bits per heavy atom. The molecular formula is C14H15FN2O4S. The molecule has 118 valence electrons. The summed E-state index contributed by atoms with van der Waals surface area (Å²) < 4.78 is 12.9. The molecule has 1 aromatic carbocycles. The molecule has 1 atom stereocenters. The Balaban J connectivity index is 2.02. The van der Waals surface area contributed by atoms with Crippen molar-refractivity contribution in [2.45, 2.75) is 12.5 Å². The van der Waals surface area contributed by atoms with E-state index in [1.807, 2.05) is 0 Å². The first kappa shape index (κ1) is 16.3. The third-order valence-corrected chi connectivity index (χ3v) is 4.09. The highest BCUT2D eigenvalue weighted by Gasteiger charge is 2.25. The first-order valence-electron chi connectivity index (χ1n) is 6.58. The largest absolute Gasteiger partial charge is 0.481 e. The fraction of sp³-hybridized carbons (Fsp3) is 0.357. The summed E-state index contributed by atoms with van der Waals surface area (Å²) in [5.41, 5.74) is 0.499. The Bertz CT molecular complexity index is 579. The Hall–Kier alpha value is -2.09. The van der Waals surface area contributed by atoms with Gasteiger partial charge in [-0.3, -0.25) is 14.4 Å². The summed E-state index contributed by atoms with van der Waals surface area (Å²) in [6.07, 6.45) is -0.319. The molecule has 0 unspecified atom stereocenters. The average Bonchev–Trinajstić information content (AvgIpc) is 2.84. The molecule has 0 spiro atoms. The number of hydrogen-bond acceptors (Lipinski definition) is 4. The monoisotopic (exact) mass is 326 g/mol. The molecule has 8 heteroatoms. The van der Waals surface area contributed by atoms with Gasteiger partial charge in [-0.25, -0.2) is 4.39 Å². The van der Waals surface area contributed by atoms with E-state index in [1.54, 1.807) is 0 Å². The van der Waals surface area contributed by atoms with E-state index < -0.39 is 23.7 Å². The number of thioether (sulfide) groups is 1. The standard InChI is InChI=1S/C14H15FN2O4S/c15-10-3-1-9(2-4-10)11(5-14(20)21)16-12(18)6-17-8-22-7-13(17)19/h1-4,11H,5-8H2,(H,16,18)(H,20,21)/t11-/m0/s1. The number of amides is 2. The quantitative estimate of drug-likeness (QED) is 0.814. The lowest BCUT2D eigenvalue weighted by molar-refractivity contribution is -0.138. The van der Waals surface area contributed by atoms with Crippen molar-refractivity contribution in [3.8, 4) is 0 Å². The number of nitrogens with one attached hydrogen (secondary N) is 1. The zero-order valence-electron chi connectivity index (χ0n) is 11.6. The van der Waals surface area contributed by atoms with Crippen LogP contribution in [0.5, 0.6) is 0 Å². The van der Waals surface area contributed by atoms with E-state index in [0.29, 0.717) is 17.2 Å². The zero-order chi connectivity index (χ0) is 16.1. The second kappa shape index (κ2) is 7.26. The minimum atomic E-state index is -1.08. The fourth-order valence-corrected chi connectivity index (χ4v) is 2.98. The predicted molar refractivity (Wildman–Crippen MR) is 78.6 cm³/mol. The fourth-order valence-electron chi connectivity index (χ4n) is 2.08. The SMILES string of the molecule is O=C(O)C[C@H](NC(=O)CN1CSCC1=O)c1ccc(F)cc1. The smallest absolute Gasteiger partial charge is 0.305 e. The van der Waals surface area contributed by atoms with E-state index in [-0.39, 0.29) is 18.9 Å². The van der Waals surface area contributed by atoms with Crippen molar-refractivity contribution in [1.29, 1.82) is 0 Å². The number of carbonyl (C=O) groups is 3. The third kappa shape index (κ3) is 4.45. The molecule has 1 saturated heterocycles. The van der Waals surface area contributed by atoms with Crippen molar-refractivity contribution in [2.24, 2.45) is 0 Å². The van der Waals surface area contributed by atoms with Crippen molar-refractivity contribution >= 4 is 29.5 Å². The molecule has 1 fully saturated rings. The van der Waals surface area contributed by atoms with Crippen LogP contribution < -0.4 is 5.32 Å². The minimum Gasteiger partial charge on any atom is -0.481 e. The molecule has 1 aliphatic rings. The van der Waals surface area contributed by atoms with E-state index in [9.17, 15) is 18.8 Å². The van der Waals surface area contributed by atoms with Crippen molar-refractivity contribution in [3.05, 3.63) is 35.6 Å². The van der Waals surface area contributed by atoms with E-state index in [1.165, 1.54) is 40.9 Å². The Morgan fingerprint density at radius 2 is 2.05 bits per heavy atom. The third-order valence-electron chi connectivity index (χ3n) is 3.15. The first-order chi connectivity index (χ1) is 10.5. The van der Waals surface area contributed by atoms with E-state index in [4.69, 9.17) is 5.11 Å². The maximum atomic E-state index is 12.9. The molecule has 1 aliphatic heterocycles. The first-order valence-corrected chi connectivity index (χ1v) is 7.73. The second-order valence-corrected chi connectivity index (χ2v) is 5.79. The molecule has 2 rings (SSSR count). The number of carbonyl (C=O) groups excluding carboxylic acids is 2. The second-order valence-electron chi connectivity index (χ2n) is 4.84. The number of benzene rings is 1. The number of nitrogens with zero attached hydrogens (tertiary/aromatic N) is 1. The van der Waals surface area contributed by atoms with Gasteiger partial charge in [0.1, 0.15) is 12.4 Å². The molecule has 1 heterocycles. The van der Waals surface area contributed by atoms with E-state index >= 15 is 0 Å². The summed E-state index contributed by atoms with van der Waals surface area (Å²) in [6.45, 7) is -0.108. The highest BCUT2D eigenvalue weighted by molar-refractivity contribution is 8.00. The number of hydrogen-bond donors (Lipinski definition) is 2. The van der Waals surface area contributed by atoms with Gasteiger partial charge in [0.15, 0.2) is 0 Å². The van der Waals surface area contributed by atoms with Gasteiger partial charge in [0.2, 0.25) is 11.8 Å². The highest BCUT2D eigenvalue weighted by atomic mass is 32.2.